The van der Waals surface area contributed by atoms with Crippen molar-refractivity contribution in [1.82, 2.24) is 0 Å². The quantitative estimate of drug-likeness (QED) is 0.819. The molecule has 0 aromatic heterocycles. The summed E-state index contributed by atoms with van der Waals surface area (Å²) < 4.78 is 11.3. The van der Waals surface area contributed by atoms with Crippen molar-refractivity contribution in [2.75, 3.05) is 7.11 Å². The summed E-state index contributed by atoms with van der Waals surface area (Å²) in [6, 6.07) is 15.4. The van der Waals surface area contributed by atoms with Gasteiger partial charge in [0.2, 0.25) is 5.60 Å². The highest BCUT2D eigenvalue weighted by Crippen LogP contribution is 2.39. The first-order valence-electron chi connectivity index (χ1n) is 7.33. The zero-order chi connectivity index (χ0) is 16.9. The molecule has 0 aliphatic carbocycles. The Balaban J connectivity index is 2.52. The molecule has 0 saturated carbocycles. The summed E-state index contributed by atoms with van der Waals surface area (Å²) in [4.78, 5) is 11.9. The van der Waals surface area contributed by atoms with Crippen molar-refractivity contribution in [3.63, 3.8) is 0 Å². The highest BCUT2D eigenvalue weighted by atomic mass is 16.6. The van der Waals surface area contributed by atoms with E-state index in [2.05, 4.69) is 0 Å². The van der Waals surface area contributed by atoms with Crippen LogP contribution in [0.2, 0.25) is 0 Å². The molecule has 0 aliphatic rings. The third-order valence-electron chi connectivity index (χ3n) is 3.89. The molecule has 2 N–H and O–H groups in total. The topological polar surface area (TPSA) is 76.0 Å². The summed E-state index contributed by atoms with van der Waals surface area (Å²) in [5.41, 5.74) is -0.911. The van der Waals surface area contributed by atoms with Crippen LogP contribution in [0.25, 0.3) is 0 Å². The number of hydrogen-bond acceptors (Lipinski definition) is 4. The number of carboxylic acid groups (broad SMARTS) is 1. The lowest BCUT2D eigenvalue weighted by Gasteiger charge is -2.35. The van der Waals surface area contributed by atoms with E-state index in [0.29, 0.717) is 5.56 Å². The van der Waals surface area contributed by atoms with Gasteiger partial charge in [-0.05, 0) is 24.1 Å². The number of phenolic OH excluding ortho intramolecular Hbond substituents is 1. The zero-order valence-corrected chi connectivity index (χ0v) is 13.1. The molecule has 0 saturated heterocycles. The second kappa shape index (κ2) is 7.15. The third kappa shape index (κ3) is 3.29. The van der Waals surface area contributed by atoms with Crippen LogP contribution >= 0.6 is 0 Å². The SMILES string of the molecule is CCC(OC)(C(=O)O)C(Oc1ccccc1O)c1ccccc1. The van der Waals surface area contributed by atoms with E-state index in [1.54, 1.807) is 49.4 Å². The van der Waals surface area contributed by atoms with Gasteiger partial charge in [-0.2, -0.15) is 0 Å². The average molecular weight is 316 g/mol. The summed E-state index contributed by atoms with van der Waals surface area (Å²) in [5, 5.41) is 19.7. The summed E-state index contributed by atoms with van der Waals surface area (Å²) in [6.45, 7) is 1.72. The molecule has 0 heterocycles. The molecule has 0 fully saturated rings. The van der Waals surface area contributed by atoms with Gasteiger partial charge in [0.1, 0.15) is 0 Å². The number of aliphatic carboxylic acids is 1. The van der Waals surface area contributed by atoms with Gasteiger partial charge in [-0.15, -0.1) is 0 Å². The molecule has 0 aliphatic heterocycles. The Morgan fingerprint density at radius 2 is 1.74 bits per heavy atom. The zero-order valence-electron chi connectivity index (χ0n) is 13.1. The van der Waals surface area contributed by atoms with E-state index in [0.717, 1.165) is 0 Å². The smallest absolute Gasteiger partial charge is 0.340 e. The fourth-order valence-electron chi connectivity index (χ4n) is 2.53. The van der Waals surface area contributed by atoms with Crippen LogP contribution in [0.4, 0.5) is 0 Å². The first-order valence-corrected chi connectivity index (χ1v) is 7.33. The molecule has 0 amide bonds. The van der Waals surface area contributed by atoms with E-state index in [9.17, 15) is 15.0 Å². The Kier molecular flexibility index (Phi) is 5.24. The molecule has 5 nitrogen and oxygen atoms in total. The van der Waals surface area contributed by atoms with E-state index < -0.39 is 17.7 Å². The minimum atomic E-state index is -1.57. The van der Waals surface area contributed by atoms with Crippen molar-refractivity contribution in [1.29, 1.82) is 0 Å². The van der Waals surface area contributed by atoms with Crippen LogP contribution in [0, 0.1) is 0 Å². The Hall–Kier alpha value is -2.53. The van der Waals surface area contributed by atoms with Gasteiger partial charge < -0.3 is 19.7 Å². The van der Waals surface area contributed by atoms with E-state index in [1.165, 1.54) is 13.2 Å². The molecule has 0 spiro atoms. The summed E-state index contributed by atoms with van der Waals surface area (Å²) in [7, 11) is 1.35. The standard InChI is InChI=1S/C18H20O5/c1-3-18(22-2,17(20)21)16(13-9-5-4-6-10-13)23-15-12-8-7-11-14(15)19/h4-12,16,19H,3H2,1-2H3,(H,20,21). The molecule has 2 rings (SSSR count). The maximum atomic E-state index is 11.9. The minimum Gasteiger partial charge on any atom is -0.504 e. The molecule has 5 heteroatoms. The number of methoxy groups -OCH3 is 1. The Morgan fingerprint density at radius 3 is 2.26 bits per heavy atom. The van der Waals surface area contributed by atoms with Gasteiger partial charge in [-0.1, -0.05) is 49.4 Å². The first kappa shape index (κ1) is 16.8. The molecule has 0 radical (unpaired) electrons. The fourth-order valence-corrected chi connectivity index (χ4v) is 2.53. The number of hydrogen-bond donors (Lipinski definition) is 2. The number of para-hydroxylation sites is 2. The molecule has 122 valence electrons. The van der Waals surface area contributed by atoms with E-state index >= 15 is 0 Å². The number of benzene rings is 2. The van der Waals surface area contributed by atoms with E-state index in [4.69, 9.17) is 9.47 Å². The highest BCUT2D eigenvalue weighted by molar-refractivity contribution is 5.79. The second-order valence-electron chi connectivity index (χ2n) is 5.13. The summed E-state index contributed by atoms with van der Waals surface area (Å²) >= 11 is 0. The van der Waals surface area contributed by atoms with Gasteiger partial charge >= 0.3 is 5.97 Å². The average Bonchev–Trinajstić information content (AvgIpc) is 2.57. The summed E-state index contributed by atoms with van der Waals surface area (Å²) in [5.74, 6) is -0.968. The first-order chi connectivity index (χ1) is 11.0. The molecule has 2 unspecified atom stereocenters. The lowest BCUT2D eigenvalue weighted by atomic mass is 9.88. The van der Waals surface area contributed by atoms with E-state index in [-0.39, 0.29) is 17.9 Å². The Bertz CT molecular complexity index is 649. The lowest BCUT2D eigenvalue weighted by Crippen LogP contribution is -2.48. The van der Waals surface area contributed by atoms with Gasteiger partial charge in [-0.3, -0.25) is 0 Å². The molecule has 2 aromatic carbocycles. The van der Waals surface area contributed by atoms with Crippen molar-refractivity contribution in [2.45, 2.75) is 25.0 Å². The number of rotatable bonds is 7. The number of phenols is 1. The van der Waals surface area contributed by atoms with Crippen molar-refractivity contribution in [3.05, 3.63) is 60.2 Å². The number of carboxylic acids is 1. The monoisotopic (exact) mass is 316 g/mol. The molecular weight excluding hydrogens is 296 g/mol. The Morgan fingerprint density at radius 1 is 1.13 bits per heavy atom. The van der Waals surface area contributed by atoms with Crippen molar-refractivity contribution >= 4 is 5.97 Å². The highest BCUT2D eigenvalue weighted by Gasteiger charge is 2.48. The van der Waals surface area contributed by atoms with Crippen LogP contribution in [-0.4, -0.2) is 28.9 Å². The number of ether oxygens (including phenoxy) is 2. The van der Waals surface area contributed by atoms with Crippen LogP contribution in [0.15, 0.2) is 54.6 Å². The minimum absolute atomic E-state index is 0.0556. The van der Waals surface area contributed by atoms with Gasteiger partial charge in [-0.25, -0.2) is 4.79 Å². The molecule has 2 aromatic rings. The maximum Gasteiger partial charge on any atom is 0.340 e. The predicted octanol–water partition coefficient (Wildman–Crippen LogP) is 3.39. The van der Waals surface area contributed by atoms with Gasteiger partial charge in [0, 0.05) is 7.11 Å². The number of aromatic hydroxyl groups is 1. The van der Waals surface area contributed by atoms with Crippen LogP contribution < -0.4 is 4.74 Å². The normalized spacial score (nSPS) is 14.7. The summed E-state index contributed by atoms with van der Waals surface area (Å²) in [6.07, 6.45) is -0.712. The van der Waals surface area contributed by atoms with Crippen molar-refractivity contribution < 1.29 is 24.5 Å². The maximum absolute atomic E-state index is 11.9. The van der Waals surface area contributed by atoms with Crippen LogP contribution in [-0.2, 0) is 9.53 Å². The van der Waals surface area contributed by atoms with Gasteiger partial charge in [0.25, 0.3) is 0 Å². The van der Waals surface area contributed by atoms with Gasteiger partial charge in [0.15, 0.2) is 17.6 Å². The largest absolute Gasteiger partial charge is 0.504 e. The van der Waals surface area contributed by atoms with Crippen LogP contribution in [0.5, 0.6) is 11.5 Å². The Labute approximate surface area is 135 Å². The van der Waals surface area contributed by atoms with Crippen LogP contribution in [0.1, 0.15) is 25.0 Å². The second-order valence-corrected chi connectivity index (χ2v) is 5.13. The predicted molar refractivity (Wildman–Crippen MR) is 85.6 cm³/mol. The molecule has 0 bridgehead atoms. The molecule has 23 heavy (non-hydrogen) atoms. The van der Waals surface area contributed by atoms with Crippen LogP contribution in [0.3, 0.4) is 0 Å². The van der Waals surface area contributed by atoms with Crippen molar-refractivity contribution in [3.8, 4) is 11.5 Å². The number of carbonyl (C=O) groups is 1. The third-order valence-corrected chi connectivity index (χ3v) is 3.89. The van der Waals surface area contributed by atoms with E-state index in [1.807, 2.05) is 6.07 Å². The fraction of sp³-hybridized carbons (Fsp3) is 0.278. The van der Waals surface area contributed by atoms with Crippen molar-refractivity contribution in [2.24, 2.45) is 0 Å². The molecule has 2 atom stereocenters. The molecular formula is C18H20O5. The lowest BCUT2D eigenvalue weighted by molar-refractivity contribution is -0.176. The van der Waals surface area contributed by atoms with Gasteiger partial charge in [0.05, 0.1) is 0 Å².